The molecule has 0 saturated carbocycles. The van der Waals surface area contributed by atoms with E-state index >= 15 is 0 Å². The summed E-state index contributed by atoms with van der Waals surface area (Å²) in [5, 5.41) is 4.69. The zero-order valence-electron chi connectivity index (χ0n) is 13.9. The summed E-state index contributed by atoms with van der Waals surface area (Å²) in [5.74, 6) is 0.985. The highest BCUT2D eigenvalue weighted by Crippen LogP contribution is 2.33. The maximum atomic E-state index is 11.8. The number of carbonyl (C=O) groups excluding carboxylic acids is 1. The van der Waals surface area contributed by atoms with Gasteiger partial charge in [0.2, 0.25) is 0 Å². The standard InChI is InChI=1S/C17H15Cl3N2O4/c1-24-11-3-4-15(25-2)10(5-11)8-21-22-17(23)9-26-16-7-13(19)12(18)6-14(16)20/h3-8H,9H2,1-2H3,(H,22,23)/b21-8+. The van der Waals surface area contributed by atoms with Crippen LogP contribution < -0.4 is 19.6 Å². The number of nitrogens with zero attached hydrogens (tertiary/aromatic N) is 1. The van der Waals surface area contributed by atoms with E-state index < -0.39 is 5.91 Å². The van der Waals surface area contributed by atoms with Gasteiger partial charge in [-0.1, -0.05) is 34.8 Å². The van der Waals surface area contributed by atoms with Crippen LogP contribution in [0.25, 0.3) is 0 Å². The average Bonchev–Trinajstić information content (AvgIpc) is 2.63. The van der Waals surface area contributed by atoms with Crippen LogP contribution in [0.15, 0.2) is 35.4 Å². The summed E-state index contributed by atoms with van der Waals surface area (Å²) in [6, 6.07) is 8.08. The molecule has 2 rings (SSSR count). The van der Waals surface area contributed by atoms with Crippen molar-refractivity contribution in [3.05, 3.63) is 51.0 Å². The molecule has 1 N–H and O–H groups in total. The first-order valence-electron chi connectivity index (χ1n) is 7.26. The number of amides is 1. The van der Waals surface area contributed by atoms with E-state index in [0.29, 0.717) is 22.1 Å². The van der Waals surface area contributed by atoms with Gasteiger partial charge in [-0.3, -0.25) is 4.79 Å². The maximum absolute atomic E-state index is 11.8. The zero-order valence-corrected chi connectivity index (χ0v) is 16.2. The third-order valence-electron chi connectivity index (χ3n) is 3.16. The molecule has 1 amide bonds. The maximum Gasteiger partial charge on any atom is 0.277 e. The predicted octanol–water partition coefficient (Wildman–Crippen LogP) is 4.19. The molecule has 9 heteroatoms. The molecule has 0 unspecified atom stereocenters. The molecule has 6 nitrogen and oxygen atoms in total. The van der Waals surface area contributed by atoms with E-state index in [-0.39, 0.29) is 22.4 Å². The third kappa shape index (κ3) is 5.42. The van der Waals surface area contributed by atoms with E-state index in [1.54, 1.807) is 25.3 Å². The van der Waals surface area contributed by atoms with Gasteiger partial charge in [0.1, 0.15) is 17.2 Å². The molecule has 0 saturated heterocycles. The quantitative estimate of drug-likeness (QED) is 0.416. The van der Waals surface area contributed by atoms with E-state index in [1.807, 2.05) is 0 Å². The lowest BCUT2D eigenvalue weighted by molar-refractivity contribution is -0.123. The highest BCUT2D eigenvalue weighted by Gasteiger charge is 2.09. The van der Waals surface area contributed by atoms with E-state index in [9.17, 15) is 4.79 Å². The topological polar surface area (TPSA) is 69.2 Å². The monoisotopic (exact) mass is 416 g/mol. The van der Waals surface area contributed by atoms with Gasteiger partial charge in [-0.25, -0.2) is 5.43 Å². The molecule has 0 atom stereocenters. The molecule has 0 aliphatic rings. The SMILES string of the molecule is COc1ccc(OC)c(/C=N/NC(=O)COc2cc(Cl)c(Cl)cc2Cl)c1. The Morgan fingerprint density at radius 3 is 2.46 bits per heavy atom. The van der Waals surface area contributed by atoms with Crippen LogP contribution in [0.1, 0.15) is 5.56 Å². The molecule has 0 heterocycles. The third-order valence-corrected chi connectivity index (χ3v) is 4.18. The fourth-order valence-electron chi connectivity index (χ4n) is 1.90. The summed E-state index contributed by atoms with van der Waals surface area (Å²) in [4.78, 5) is 11.8. The zero-order chi connectivity index (χ0) is 19.1. The van der Waals surface area contributed by atoms with Gasteiger partial charge < -0.3 is 14.2 Å². The van der Waals surface area contributed by atoms with E-state index in [4.69, 9.17) is 49.0 Å². The van der Waals surface area contributed by atoms with Crippen molar-refractivity contribution in [2.75, 3.05) is 20.8 Å². The summed E-state index contributed by atoms with van der Waals surface area (Å²) < 4.78 is 15.7. The van der Waals surface area contributed by atoms with Gasteiger partial charge in [-0.05, 0) is 24.3 Å². The molecule has 0 bridgehead atoms. The highest BCUT2D eigenvalue weighted by atomic mass is 35.5. The van der Waals surface area contributed by atoms with Crippen molar-refractivity contribution in [2.24, 2.45) is 5.10 Å². The van der Waals surface area contributed by atoms with Gasteiger partial charge in [-0.15, -0.1) is 0 Å². The molecule has 0 spiro atoms. The van der Waals surface area contributed by atoms with Crippen LogP contribution in [-0.4, -0.2) is 32.9 Å². The molecule has 26 heavy (non-hydrogen) atoms. The number of rotatable bonds is 7. The lowest BCUT2D eigenvalue weighted by Crippen LogP contribution is -2.24. The van der Waals surface area contributed by atoms with Crippen molar-refractivity contribution in [1.29, 1.82) is 0 Å². The van der Waals surface area contributed by atoms with E-state index in [0.717, 1.165) is 0 Å². The molecular weight excluding hydrogens is 403 g/mol. The fourth-order valence-corrected chi connectivity index (χ4v) is 2.50. The van der Waals surface area contributed by atoms with Crippen LogP contribution in [-0.2, 0) is 4.79 Å². The Balaban J connectivity index is 1.95. The Morgan fingerprint density at radius 2 is 1.77 bits per heavy atom. The lowest BCUT2D eigenvalue weighted by Gasteiger charge is -2.08. The second-order valence-corrected chi connectivity index (χ2v) is 6.11. The molecule has 0 radical (unpaired) electrons. The second kappa shape index (κ2) is 9.52. The van der Waals surface area contributed by atoms with Gasteiger partial charge in [-0.2, -0.15) is 5.10 Å². The Labute approximate surface area is 165 Å². The first-order valence-corrected chi connectivity index (χ1v) is 8.39. The number of hydrogen-bond acceptors (Lipinski definition) is 5. The molecule has 0 aromatic heterocycles. The molecular formula is C17H15Cl3N2O4. The minimum absolute atomic E-state index is 0.245. The van der Waals surface area contributed by atoms with Crippen LogP contribution in [0.4, 0.5) is 0 Å². The number of hydrogen-bond donors (Lipinski definition) is 1. The van der Waals surface area contributed by atoms with E-state index in [2.05, 4.69) is 10.5 Å². The minimum atomic E-state index is -0.481. The highest BCUT2D eigenvalue weighted by molar-refractivity contribution is 6.43. The van der Waals surface area contributed by atoms with Gasteiger partial charge in [0.05, 0.1) is 35.5 Å². The number of ether oxygens (including phenoxy) is 3. The Hall–Kier alpha value is -2.15. The van der Waals surface area contributed by atoms with Crippen LogP contribution in [0.2, 0.25) is 15.1 Å². The van der Waals surface area contributed by atoms with Gasteiger partial charge in [0.25, 0.3) is 5.91 Å². The largest absolute Gasteiger partial charge is 0.497 e. The minimum Gasteiger partial charge on any atom is -0.497 e. The Kier molecular flexibility index (Phi) is 7.38. The van der Waals surface area contributed by atoms with Gasteiger partial charge >= 0.3 is 0 Å². The number of carbonyl (C=O) groups is 1. The van der Waals surface area contributed by atoms with Crippen molar-refractivity contribution < 1.29 is 19.0 Å². The van der Waals surface area contributed by atoms with Crippen molar-refractivity contribution in [3.8, 4) is 17.2 Å². The van der Waals surface area contributed by atoms with Crippen molar-refractivity contribution in [2.45, 2.75) is 0 Å². The van der Waals surface area contributed by atoms with Crippen molar-refractivity contribution in [1.82, 2.24) is 5.43 Å². The Bertz CT molecular complexity index is 828. The van der Waals surface area contributed by atoms with E-state index in [1.165, 1.54) is 25.5 Å². The summed E-state index contributed by atoms with van der Waals surface area (Å²) in [7, 11) is 3.09. The van der Waals surface area contributed by atoms with Crippen LogP contribution in [0.3, 0.4) is 0 Å². The van der Waals surface area contributed by atoms with Crippen LogP contribution in [0.5, 0.6) is 17.2 Å². The predicted molar refractivity (Wildman–Crippen MR) is 102 cm³/mol. The van der Waals surface area contributed by atoms with Crippen molar-refractivity contribution in [3.63, 3.8) is 0 Å². The van der Waals surface area contributed by atoms with Crippen molar-refractivity contribution >= 4 is 46.9 Å². The van der Waals surface area contributed by atoms with Crippen LogP contribution >= 0.6 is 34.8 Å². The number of hydrazone groups is 1. The normalized spacial score (nSPS) is 10.7. The smallest absolute Gasteiger partial charge is 0.277 e. The molecule has 2 aromatic carbocycles. The molecule has 138 valence electrons. The van der Waals surface area contributed by atoms with Crippen LogP contribution in [0, 0.1) is 0 Å². The summed E-state index contributed by atoms with van der Waals surface area (Å²) >= 11 is 17.7. The van der Waals surface area contributed by atoms with Gasteiger partial charge in [0, 0.05) is 11.6 Å². The second-order valence-electron chi connectivity index (χ2n) is 4.89. The first kappa shape index (κ1) is 20.2. The molecule has 2 aromatic rings. The fraction of sp³-hybridized carbons (Fsp3) is 0.176. The number of halogens is 3. The number of methoxy groups -OCH3 is 2. The lowest BCUT2D eigenvalue weighted by atomic mass is 10.2. The summed E-state index contributed by atoms with van der Waals surface area (Å²) in [6.45, 7) is -0.301. The number of benzene rings is 2. The molecule has 0 aliphatic heterocycles. The Morgan fingerprint density at radius 1 is 1.04 bits per heavy atom. The summed E-state index contributed by atoms with van der Waals surface area (Å²) in [6.07, 6.45) is 1.44. The average molecular weight is 418 g/mol. The number of nitrogens with one attached hydrogen (secondary N) is 1. The summed E-state index contributed by atoms with van der Waals surface area (Å²) in [5.41, 5.74) is 2.98. The molecule has 0 fully saturated rings. The van der Waals surface area contributed by atoms with Gasteiger partial charge in [0.15, 0.2) is 6.61 Å². The molecule has 0 aliphatic carbocycles. The first-order chi connectivity index (χ1) is 12.4.